The van der Waals surface area contributed by atoms with Crippen molar-refractivity contribution in [1.82, 2.24) is 5.06 Å². The highest BCUT2D eigenvalue weighted by Gasteiger charge is 2.46. The van der Waals surface area contributed by atoms with E-state index in [4.69, 9.17) is 29.5 Å². The Kier molecular flexibility index (Phi) is 10.9. The number of hydroxylamine groups is 2. The summed E-state index contributed by atoms with van der Waals surface area (Å²) in [4.78, 5) is 18.8. The molecule has 0 bridgehead atoms. The average molecular weight is 501 g/mol. The van der Waals surface area contributed by atoms with Gasteiger partial charge in [-0.2, -0.15) is 0 Å². The van der Waals surface area contributed by atoms with Crippen molar-refractivity contribution >= 4 is 5.97 Å². The lowest BCUT2D eigenvalue weighted by molar-refractivity contribution is -0.201. The number of nitrogens with two attached hydrogens (primary N) is 1. The maximum Gasteiger partial charge on any atom is 0.357 e. The fraction of sp³-hybridized carbons (Fsp3) is 0.536. The molecule has 0 radical (unpaired) electrons. The first-order valence-electron chi connectivity index (χ1n) is 12.5. The first-order valence-corrected chi connectivity index (χ1v) is 12.5. The average Bonchev–Trinajstić information content (AvgIpc) is 3.17. The minimum atomic E-state index is -0.757. The van der Waals surface area contributed by atoms with Crippen LogP contribution in [0.25, 0.3) is 0 Å². The third-order valence-corrected chi connectivity index (χ3v) is 6.22. The molecule has 36 heavy (non-hydrogen) atoms. The van der Waals surface area contributed by atoms with Crippen molar-refractivity contribution in [2.45, 2.75) is 63.9 Å². The molecule has 0 aromatic heterocycles. The Bertz CT molecular complexity index is 907. The van der Waals surface area contributed by atoms with Gasteiger partial charge in [0.25, 0.3) is 0 Å². The fourth-order valence-electron chi connectivity index (χ4n) is 4.61. The van der Waals surface area contributed by atoms with E-state index in [1.165, 1.54) is 0 Å². The monoisotopic (exact) mass is 500 g/mol. The normalized spacial score (nSPS) is 20.1. The summed E-state index contributed by atoms with van der Waals surface area (Å²) in [6, 6.07) is 19.0. The quantitative estimate of drug-likeness (QED) is 0.306. The molecule has 198 valence electrons. The van der Waals surface area contributed by atoms with Crippen molar-refractivity contribution in [2.75, 3.05) is 27.3 Å². The van der Waals surface area contributed by atoms with Gasteiger partial charge in [0.2, 0.25) is 0 Å². The highest BCUT2D eigenvalue weighted by molar-refractivity contribution is 5.89. The Labute approximate surface area is 214 Å². The highest BCUT2D eigenvalue weighted by atomic mass is 16.8. The predicted octanol–water partition coefficient (Wildman–Crippen LogP) is 4.14. The van der Waals surface area contributed by atoms with E-state index in [9.17, 15) is 4.79 Å². The van der Waals surface area contributed by atoms with Crippen LogP contribution in [0.2, 0.25) is 0 Å². The van der Waals surface area contributed by atoms with Gasteiger partial charge in [0.05, 0.1) is 18.2 Å². The summed E-state index contributed by atoms with van der Waals surface area (Å²) < 4.78 is 23.4. The van der Waals surface area contributed by atoms with Crippen LogP contribution >= 0.6 is 0 Å². The van der Waals surface area contributed by atoms with Crippen molar-refractivity contribution in [3.05, 3.63) is 71.8 Å². The molecule has 1 aliphatic heterocycles. The summed E-state index contributed by atoms with van der Waals surface area (Å²) in [7, 11) is 3.19. The number of hydrogen-bond donors (Lipinski definition) is 1. The molecule has 0 aliphatic carbocycles. The van der Waals surface area contributed by atoms with Crippen LogP contribution in [-0.2, 0) is 30.3 Å². The second-order valence-corrected chi connectivity index (χ2v) is 9.56. The molecule has 8 nitrogen and oxygen atoms in total. The lowest BCUT2D eigenvalue weighted by atomic mass is 9.93. The standard InChI is InChI=1S/C28H40N2O6/c1-28(2)34-24(25(35-28)27(32-3)33-4)18-22(14-11-17-29)20-30(19-21-12-7-5-8-13-21)36-26(31)23-15-9-6-10-16-23/h5-10,12-13,15-16,22,24-25,27H,11,14,17-20,29H2,1-4H3/t22-,24?,25?/m0/s1. The van der Waals surface area contributed by atoms with Crippen LogP contribution in [0.5, 0.6) is 0 Å². The van der Waals surface area contributed by atoms with Crippen LogP contribution in [0.15, 0.2) is 60.7 Å². The molecular weight excluding hydrogens is 460 g/mol. The first-order chi connectivity index (χ1) is 17.3. The lowest BCUT2D eigenvalue weighted by Crippen LogP contribution is -2.40. The topological polar surface area (TPSA) is 92.5 Å². The molecule has 0 amide bonds. The molecule has 2 aromatic carbocycles. The molecule has 1 fully saturated rings. The van der Waals surface area contributed by atoms with Crippen LogP contribution in [0.3, 0.4) is 0 Å². The lowest BCUT2D eigenvalue weighted by Gasteiger charge is -2.30. The molecule has 1 saturated heterocycles. The highest BCUT2D eigenvalue weighted by Crippen LogP contribution is 2.35. The second kappa shape index (κ2) is 13.8. The molecule has 8 heteroatoms. The molecule has 0 spiro atoms. The Balaban J connectivity index is 1.79. The molecule has 2 N–H and O–H groups in total. The van der Waals surface area contributed by atoms with Crippen molar-refractivity contribution in [3.63, 3.8) is 0 Å². The van der Waals surface area contributed by atoms with Crippen LogP contribution in [-0.4, -0.2) is 62.6 Å². The number of benzene rings is 2. The number of carbonyl (C=O) groups is 1. The Morgan fingerprint density at radius 2 is 1.67 bits per heavy atom. The number of methoxy groups -OCH3 is 2. The molecule has 3 rings (SSSR count). The largest absolute Gasteiger partial charge is 0.364 e. The summed E-state index contributed by atoms with van der Waals surface area (Å²) in [6.45, 7) is 5.34. The van der Waals surface area contributed by atoms with E-state index in [2.05, 4.69) is 0 Å². The van der Waals surface area contributed by atoms with Crippen molar-refractivity contribution in [2.24, 2.45) is 11.7 Å². The second-order valence-electron chi connectivity index (χ2n) is 9.56. The molecule has 1 heterocycles. The third-order valence-electron chi connectivity index (χ3n) is 6.22. The Morgan fingerprint density at radius 1 is 1.03 bits per heavy atom. The van der Waals surface area contributed by atoms with Gasteiger partial charge in [0.15, 0.2) is 12.1 Å². The Morgan fingerprint density at radius 3 is 2.28 bits per heavy atom. The number of carbonyl (C=O) groups excluding carboxylic acids is 1. The van der Waals surface area contributed by atoms with Crippen molar-refractivity contribution < 1.29 is 28.6 Å². The molecular formula is C28H40N2O6. The zero-order chi connectivity index (χ0) is 26.0. The van der Waals surface area contributed by atoms with Gasteiger partial charge in [0.1, 0.15) is 6.10 Å². The summed E-state index contributed by atoms with van der Waals surface area (Å²) in [6.07, 6.45) is 1.17. The maximum atomic E-state index is 12.9. The first kappa shape index (κ1) is 28.2. The van der Waals surface area contributed by atoms with Gasteiger partial charge in [-0.05, 0) is 63.3 Å². The Hall–Kier alpha value is -2.33. The third kappa shape index (κ3) is 8.37. The summed E-state index contributed by atoms with van der Waals surface area (Å²) >= 11 is 0. The van der Waals surface area contributed by atoms with E-state index < -0.39 is 12.1 Å². The van der Waals surface area contributed by atoms with Gasteiger partial charge >= 0.3 is 5.97 Å². The zero-order valence-corrected chi connectivity index (χ0v) is 21.8. The number of hydrogen-bond acceptors (Lipinski definition) is 8. The minimum absolute atomic E-state index is 0.125. The number of rotatable bonds is 14. The smallest absolute Gasteiger partial charge is 0.357 e. The summed E-state index contributed by atoms with van der Waals surface area (Å²) in [5.41, 5.74) is 7.42. The van der Waals surface area contributed by atoms with Gasteiger partial charge in [-0.25, -0.2) is 4.79 Å². The van der Waals surface area contributed by atoms with E-state index in [0.29, 0.717) is 31.6 Å². The summed E-state index contributed by atoms with van der Waals surface area (Å²) in [5.74, 6) is -1.02. The van der Waals surface area contributed by atoms with E-state index in [0.717, 1.165) is 18.4 Å². The van der Waals surface area contributed by atoms with Crippen LogP contribution in [0, 0.1) is 5.92 Å². The van der Waals surface area contributed by atoms with Gasteiger partial charge in [-0.15, -0.1) is 5.06 Å². The van der Waals surface area contributed by atoms with Gasteiger partial charge < -0.3 is 29.5 Å². The minimum Gasteiger partial charge on any atom is -0.364 e. The maximum absolute atomic E-state index is 12.9. The van der Waals surface area contributed by atoms with E-state index in [1.807, 2.05) is 62.4 Å². The molecule has 0 saturated carbocycles. The molecule has 2 aromatic rings. The fourth-order valence-corrected chi connectivity index (χ4v) is 4.61. The van der Waals surface area contributed by atoms with Crippen LogP contribution in [0.4, 0.5) is 0 Å². The van der Waals surface area contributed by atoms with Crippen LogP contribution in [0.1, 0.15) is 49.0 Å². The van der Waals surface area contributed by atoms with Crippen molar-refractivity contribution in [1.29, 1.82) is 0 Å². The SMILES string of the molecule is COC(OC)C1OC(C)(C)OC1C[C@H](CCCN)CN(Cc1ccccc1)OC(=O)c1ccccc1. The van der Waals surface area contributed by atoms with E-state index in [1.54, 1.807) is 31.4 Å². The van der Waals surface area contributed by atoms with E-state index >= 15 is 0 Å². The number of ether oxygens (including phenoxy) is 4. The van der Waals surface area contributed by atoms with Gasteiger partial charge in [-0.1, -0.05) is 48.5 Å². The predicted molar refractivity (Wildman–Crippen MR) is 137 cm³/mol. The molecule has 2 unspecified atom stereocenters. The molecule has 1 aliphatic rings. The van der Waals surface area contributed by atoms with Gasteiger partial charge in [-0.3, -0.25) is 0 Å². The zero-order valence-electron chi connectivity index (χ0n) is 21.8. The van der Waals surface area contributed by atoms with Crippen LogP contribution < -0.4 is 5.73 Å². The van der Waals surface area contributed by atoms with Gasteiger partial charge in [0, 0.05) is 20.8 Å². The molecule has 3 atom stereocenters. The number of nitrogens with zero attached hydrogens (tertiary/aromatic N) is 1. The summed E-state index contributed by atoms with van der Waals surface area (Å²) in [5, 5.41) is 1.74. The van der Waals surface area contributed by atoms with E-state index in [-0.39, 0.29) is 24.1 Å². The van der Waals surface area contributed by atoms with Crippen molar-refractivity contribution in [3.8, 4) is 0 Å².